The van der Waals surface area contributed by atoms with Gasteiger partial charge in [0.1, 0.15) is 18.1 Å². The van der Waals surface area contributed by atoms with E-state index in [4.69, 9.17) is 15.9 Å². The molecule has 0 saturated heterocycles. The van der Waals surface area contributed by atoms with Crippen LogP contribution in [0.1, 0.15) is 12.5 Å². The molecule has 0 aliphatic carbocycles. The number of rotatable bonds is 12. The maximum absolute atomic E-state index is 12.5. The monoisotopic (exact) mass is 479 g/mol. The number of nitrogens with one attached hydrogen (secondary N) is 4. The van der Waals surface area contributed by atoms with Crippen LogP contribution in [0.25, 0.3) is 10.9 Å². The SMILES string of the molecule is CC(O)C(NC(=O)C(CO)NC(=O)C(N)Cc1c[nH]c2ccccc12)C(=O)NC(CO)C(=O)O. The summed E-state index contributed by atoms with van der Waals surface area (Å²) in [5.41, 5.74) is 7.63. The number of carboxylic acid groups (broad SMARTS) is 1. The molecule has 13 nitrogen and oxygen atoms in total. The quantitative estimate of drug-likeness (QED) is 0.150. The summed E-state index contributed by atoms with van der Waals surface area (Å²) in [6, 6.07) is 1.60. The number of para-hydroxylation sites is 1. The third-order valence-corrected chi connectivity index (χ3v) is 5.13. The molecule has 1 heterocycles. The number of carbonyl (C=O) groups is 4. The first-order valence-corrected chi connectivity index (χ1v) is 10.4. The Morgan fingerprint density at radius 2 is 1.59 bits per heavy atom. The molecule has 0 aliphatic heterocycles. The lowest BCUT2D eigenvalue weighted by Crippen LogP contribution is -2.61. The van der Waals surface area contributed by atoms with Gasteiger partial charge in [-0.2, -0.15) is 0 Å². The molecule has 0 saturated carbocycles. The third-order valence-electron chi connectivity index (χ3n) is 5.13. The fourth-order valence-corrected chi connectivity index (χ4v) is 3.21. The highest BCUT2D eigenvalue weighted by molar-refractivity contribution is 5.94. The van der Waals surface area contributed by atoms with Gasteiger partial charge in [0.2, 0.25) is 17.7 Å². The van der Waals surface area contributed by atoms with Crippen LogP contribution >= 0.6 is 0 Å². The predicted octanol–water partition coefficient (Wildman–Crippen LogP) is -3.06. The van der Waals surface area contributed by atoms with Crippen LogP contribution in [0.3, 0.4) is 0 Å². The first-order chi connectivity index (χ1) is 16.1. The number of aliphatic hydroxyl groups is 3. The van der Waals surface area contributed by atoms with E-state index < -0.39 is 67.2 Å². The lowest BCUT2D eigenvalue weighted by atomic mass is 10.0. The Morgan fingerprint density at radius 3 is 2.18 bits per heavy atom. The molecule has 2 rings (SSSR count). The largest absolute Gasteiger partial charge is 0.480 e. The summed E-state index contributed by atoms with van der Waals surface area (Å²) in [7, 11) is 0. The molecule has 10 N–H and O–H groups in total. The second-order valence-corrected chi connectivity index (χ2v) is 7.72. The van der Waals surface area contributed by atoms with Gasteiger partial charge in [-0.3, -0.25) is 14.4 Å². The summed E-state index contributed by atoms with van der Waals surface area (Å²) in [5.74, 6) is -4.34. The van der Waals surface area contributed by atoms with Crippen LogP contribution in [0.15, 0.2) is 30.5 Å². The summed E-state index contributed by atoms with van der Waals surface area (Å²) in [5, 5.41) is 44.7. The van der Waals surface area contributed by atoms with Crippen molar-refractivity contribution in [3.8, 4) is 0 Å². The van der Waals surface area contributed by atoms with Gasteiger partial charge in [-0.05, 0) is 25.0 Å². The molecular formula is C21H29N5O8. The molecule has 34 heavy (non-hydrogen) atoms. The van der Waals surface area contributed by atoms with Crippen LogP contribution < -0.4 is 21.7 Å². The van der Waals surface area contributed by atoms with Crippen LogP contribution in [0.4, 0.5) is 0 Å². The van der Waals surface area contributed by atoms with Gasteiger partial charge in [0.15, 0.2) is 0 Å². The van der Waals surface area contributed by atoms with Crippen molar-refractivity contribution in [3.05, 3.63) is 36.0 Å². The Hall–Kier alpha value is -3.52. The average molecular weight is 479 g/mol. The minimum atomic E-state index is -1.65. The highest BCUT2D eigenvalue weighted by atomic mass is 16.4. The number of benzene rings is 1. The van der Waals surface area contributed by atoms with E-state index in [1.807, 2.05) is 29.6 Å². The molecule has 5 atom stereocenters. The molecule has 0 bridgehead atoms. The van der Waals surface area contributed by atoms with Crippen LogP contribution in [0.5, 0.6) is 0 Å². The van der Waals surface area contributed by atoms with E-state index in [1.165, 1.54) is 6.92 Å². The zero-order chi connectivity index (χ0) is 25.4. The minimum absolute atomic E-state index is 0.145. The van der Waals surface area contributed by atoms with E-state index in [0.29, 0.717) is 0 Å². The van der Waals surface area contributed by atoms with Gasteiger partial charge in [0.05, 0.1) is 25.4 Å². The Kier molecular flexibility index (Phi) is 9.50. The molecule has 0 spiro atoms. The Morgan fingerprint density at radius 1 is 0.971 bits per heavy atom. The maximum Gasteiger partial charge on any atom is 0.328 e. The lowest BCUT2D eigenvalue weighted by molar-refractivity contribution is -0.144. The van der Waals surface area contributed by atoms with E-state index in [0.717, 1.165) is 16.5 Å². The maximum atomic E-state index is 12.5. The summed E-state index contributed by atoms with van der Waals surface area (Å²) >= 11 is 0. The third kappa shape index (κ3) is 6.74. The van der Waals surface area contributed by atoms with Crippen LogP contribution in [0, 0.1) is 0 Å². The van der Waals surface area contributed by atoms with Crippen molar-refractivity contribution in [2.75, 3.05) is 13.2 Å². The van der Waals surface area contributed by atoms with Gasteiger partial charge in [0, 0.05) is 17.1 Å². The van der Waals surface area contributed by atoms with E-state index >= 15 is 0 Å². The van der Waals surface area contributed by atoms with E-state index in [1.54, 1.807) is 6.20 Å². The number of H-pyrrole nitrogens is 1. The number of aromatic amines is 1. The lowest BCUT2D eigenvalue weighted by Gasteiger charge is -2.25. The van der Waals surface area contributed by atoms with Crippen molar-refractivity contribution >= 4 is 34.6 Å². The predicted molar refractivity (Wildman–Crippen MR) is 119 cm³/mol. The normalized spacial score (nSPS) is 15.6. The molecule has 3 amide bonds. The summed E-state index contributed by atoms with van der Waals surface area (Å²) < 4.78 is 0. The van der Waals surface area contributed by atoms with Crippen molar-refractivity contribution in [1.82, 2.24) is 20.9 Å². The standard InChI is InChI=1S/C21H29N5O8/c1-10(29)17(20(32)25-16(9-28)21(33)34)26-19(31)15(8-27)24-18(30)13(22)6-11-7-23-14-5-3-2-4-12(11)14/h2-5,7,10,13,15-17,23,27-29H,6,8-9,22H2,1H3,(H,24,30)(H,25,32)(H,26,31)(H,33,34). The molecule has 5 unspecified atom stereocenters. The number of aromatic nitrogens is 1. The van der Waals surface area contributed by atoms with Gasteiger partial charge in [-0.25, -0.2) is 4.79 Å². The van der Waals surface area contributed by atoms with Crippen LogP contribution in [0.2, 0.25) is 0 Å². The van der Waals surface area contributed by atoms with Crippen molar-refractivity contribution < 1.29 is 39.6 Å². The smallest absolute Gasteiger partial charge is 0.328 e. The zero-order valence-corrected chi connectivity index (χ0v) is 18.4. The topological polar surface area (TPSA) is 227 Å². The van der Waals surface area contributed by atoms with Gasteiger partial charge in [0.25, 0.3) is 0 Å². The molecule has 0 aliphatic rings. The number of nitrogens with two attached hydrogens (primary N) is 1. The second kappa shape index (κ2) is 12.1. The summed E-state index contributed by atoms with van der Waals surface area (Å²) in [4.78, 5) is 51.4. The molecular weight excluding hydrogens is 450 g/mol. The van der Waals surface area contributed by atoms with Gasteiger partial charge >= 0.3 is 5.97 Å². The van der Waals surface area contributed by atoms with Gasteiger partial charge < -0.3 is 47.1 Å². The minimum Gasteiger partial charge on any atom is -0.480 e. The number of amides is 3. The second-order valence-electron chi connectivity index (χ2n) is 7.72. The van der Waals surface area contributed by atoms with Gasteiger partial charge in [-0.15, -0.1) is 0 Å². The first-order valence-electron chi connectivity index (χ1n) is 10.4. The Bertz CT molecular complexity index is 1020. The molecule has 13 heteroatoms. The molecule has 1 aromatic heterocycles. The number of aliphatic hydroxyl groups excluding tert-OH is 3. The molecule has 2 aromatic rings. The Labute approximate surface area is 194 Å². The van der Waals surface area contributed by atoms with Gasteiger partial charge in [-0.1, -0.05) is 18.2 Å². The number of hydrogen-bond acceptors (Lipinski definition) is 8. The number of aliphatic carboxylic acids is 1. The van der Waals surface area contributed by atoms with Crippen molar-refractivity contribution in [3.63, 3.8) is 0 Å². The van der Waals surface area contributed by atoms with Crippen molar-refractivity contribution in [2.24, 2.45) is 5.73 Å². The number of carboxylic acids is 1. The van der Waals surface area contributed by atoms with E-state index in [9.17, 15) is 29.4 Å². The first kappa shape index (κ1) is 26.7. The van der Waals surface area contributed by atoms with Crippen molar-refractivity contribution in [2.45, 2.75) is 43.6 Å². The van der Waals surface area contributed by atoms with Crippen LogP contribution in [-0.4, -0.2) is 92.6 Å². The highest BCUT2D eigenvalue weighted by Gasteiger charge is 2.32. The molecule has 0 radical (unpaired) electrons. The molecule has 0 fully saturated rings. The van der Waals surface area contributed by atoms with E-state index in [-0.39, 0.29) is 6.42 Å². The number of hydrogen-bond donors (Lipinski definition) is 9. The molecule has 186 valence electrons. The van der Waals surface area contributed by atoms with E-state index in [2.05, 4.69) is 15.6 Å². The van der Waals surface area contributed by atoms with Crippen LogP contribution in [-0.2, 0) is 25.6 Å². The summed E-state index contributed by atoms with van der Waals surface area (Å²) in [6.45, 7) is -0.575. The fourth-order valence-electron chi connectivity index (χ4n) is 3.21. The Balaban J connectivity index is 2.01. The molecule has 1 aromatic carbocycles. The summed E-state index contributed by atoms with van der Waals surface area (Å²) in [6.07, 6.45) is 0.402. The number of fused-ring (bicyclic) bond motifs is 1. The fraction of sp³-hybridized carbons (Fsp3) is 0.429. The highest BCUT2D eigenvalue weighted by Crippen LogP contribution is 2.18. The number of carbonyl (C=O) groups excluding carboxylic acids is 3. The average Bonchev–Trinajstić information content (AvgIpc) is 3.21. The zero-order valence-electron chi connectivity index (χ0n) is 18.4. The van der Waals surface area contributed by atoms with Crippen molar-refractivity contribution in [1.29, 1.82) is 0 Å².